The fourth-order valence-electron chi connectivity index (χ4n) is 3.20. The van der Waals surface area contributed by atoms with Crippen LogP contribution in [-0.4, -0.2) is 36.9 Å². The summed E-state index contributed by atoms with van der Waals surface area (Å²) in [6.45, 7) is 1.10. The van der Waals surface area contributed by atoms with Gasteiger partial charge < -0.3 is 20.7 Å². The Morgan fingerprint density at radius 2 is 1.93 bits per heavy atom. The molecule has 1 unspecified atom stereocenters. The number of amides is 2. The van der Waals surface area contributed by atoms with Crippen LogP contribution in [0.2, 0.25) is 0 Å². The van der Waals surface area contributed by atoms with Crippen molar-refractivity contribution in [3.63, 3.8) is 0 Å². The number of rotatable bonds is 4. The third-order valence-electron chi connectivity index (χ3n) is 4.60. The Kier molecular flexibility index (Phi) is 7.07. The molecule has 0 aliphatic carbocycles. The molecule has 0 bridgehead atoms. The number of carbonyl (C=O) groups is 2. The number of hydrogen-bond donors (Lipinski definition) is 2. The van der Waals surface area contributed by atoms with Gasteiger partial charge in [0.2, 0.25) is 5.91 Å². The number of nitrogens with one attached hydrogen (secondary N) is 1. The van der Waals surface area contributed by atoms with Gasteiger partial charge in [0.15, 0.2) is 0 Å². The Balaban J connectivity index is 0.00000261. The summed E-state index contributed by atoms with van der Waals surface area (Å²) in [5, 5.41) is 2.89. The smallest absolute Gasteiger partial charge is 0.253 e. The molecule has 1 saturated heterocycles. The number of piperidine rings is 1. The maximum absolute atomic E-state index is 12.6. The van der Waals surface area contributed by atoms with Gasteiger partial charge in [0.25, 0.3) is 5.91 Å². The number of nitrogens with zero attached hydrogens (tertiary/aromatic N) is 1. The lowest BCUT2D eigenvalue weighted by molar-refractivity contribution is -0.121. The second-order valence-electron chi connectivity index (χ2n) is 6.40. The van der Waals surface area contributed by atoms with Crippen LogP contribution in [-0.2, 0) is 4.79 Å². The van der Waals surface area contributed by atoms with Crippen LogP contribution in [0.25, 0.3) is 0 Å². The molecule has 1 heterocycles. The summed E-state index contributed by atoms with van der Waals surface area (Å²) in [7, 11) is 1.55. The average molecular weight is 390 g/mol. The molecule has 1 aliphatic heterocycles. The number of nitrogen functional groups attached to an aromatic ring is 1. The number of anilines is 2. The number of carbonyl (C=O) groups excluding carboxylic acids is 2. The summed E-state index contributed by atoms with van der Waals surface area (Å²) in [6.07, 6.45) is 1.57. The van der Waals surface area contributed by atoms with Crippen LogP contribution in [0.1, 0.15) is 23.2 Å². The molecule has 1 aliphatic rings. The first kappa shape index (κ1) is 20.6. The summed E-state index contributed by atoms with van der Waals surface area (Å²) in [6, 6.07) is 14.3. The highest BCUT2D eigenvalue weighted by Gasteiger charge is 2.29. The van der Waals surface area contributed by atoms with Crippen LogP contribution in [0.4, 0.5) is 11.4 Å². The predicted molar refractivity (Wildman–Crippen MR) is 108 cm³/mol. The summed E-state index contributed by atoms with van der Waals surface area (Å²) in [4.78, 5) is 27.0. The lowest BCUT2D eigenvalue weighted by Crippen LogP contribution is -2.43. The van der Waals surface area contributed by atoms with Gasteiger partial charge in [-0.05, 0) is 43.2 Å². The van der Waals surface area contributed by atoms with Crippen molar-refractivity contribution >= 4 is 35.6 Å². The van der Waals surface area contributed by atoms with E-state index in [-0.39, 0.29) is 30.1 Å². The van der Waals surface area contributed by atoms with Crippen molar-refractivity contribution < 1.29 is 14.3 Å². The zero-order valence-electron chi connectivity index (χ0n) is 15.2. The van der Waals surface area contributed by atoms with Crippen molar-refractivity contribution in [3.05, 3.63) is 54.1 Å². The fourth-order valence-corrected chi connectivity index (χ4v) is 3.20. The minimum atomic E-state index is -0.236. The number of halogens is 1. The minimum Gasteiger partial charge on any atom is -0.495 e. The first-order valence-corrected chi connectivity index (χ1v) is 8.67. The van der Waals surface area contributed by atoms with Gasteiger partial charge in [0.05, 0.1) is 18.7 Å². The third-order valence-corrected chi connectivity index (χ3v) is 4.60. The molecule has 2 aromatic rings. The molecule has 0 aromatic heterocycles. The summed E-state index contributed by atoms with van der Waals surface area (Å²) in [5.74, 6) is 0.206. The third kappa shape index (κ3) is 4.92. The van der Waals surface area contributed by atoms with E-state index in [9.17, 15) is 9.59 Å². The molecule has 6 nitrogen and oxygen atoms in total. The van der Waals surface area contributed by atoms with Crippen LogP contribution >= 0.6 is 12.4 Å². The normalized spacial score (nSPS) is 16.2. The highest BCUT2D eigenvalue weighted by Crippen LogP contribution is 2.26. The van der Waals surface area contributed by atoms with Gasteiger partial charge in [-0.3, -0.25) is 9.59 Å². The first-order valence-electron chi connectivity index (χ1n) is 8.67. The first-order chi connectivity index (χ1) is 12.6. The summed E-state index contributed by atoms with van der Waals surface area (Å²) < 4.78 is 5.12. The number of hydrogen-bond acceptors (Lipinski definition) is 4. The molecule has 27 heavy (non-hydrogen) atoms. The van der Waals surface area contributed by atoms with E-state index in [4.69, 9.17) is 10.5 Å². The van der Waals surface area contributed by atoms with E-state index in [0.717, 1.165) is 12.8 Å². The topological polar surface area (TPSA) is 84.7 Å². The van der Waals surface area contributed by atoms with Crippen molar-refractivity contribution in [3.8, 4) is 5.75 Å². The maximum Gasteiger partial charge on any atom is 0.253 e. The predicted octanol–water partition coefficient (Wildman–Crippen LogP) is 3.19. The highest BCUT2D eigenvalue weighted by molar-refractivity contribution is 5.96. The molecule has 3 N–H and O–H groups in total. The Morgan fingerprint density at radius 3 is 2.59 bits per heavy atom. The molecule has 1 atom stereocenters. The number of likely N-dealkylation sites (tertiary alicyclic amines) is 1. The number of methoxy groups -OCH3 is 1. The molecular weight excluding hydrogens is 366 g/mol. The zero-order valence-corrected chi connectivity index (χ0v) is 16.0. The number of ether oxygens (including phenoxy) is 1. The van der Waals surface area contributed by atoms with Gasteiger partial charge >= 0.3 is 0 Å². The van der Waals surface area contributed by atoms with E-state index in [1.807, 2.05) is 18.2 Å². The van der Waals surface area contributed by atoms with Gasteiger partial charge in [-0.15, -0.1) is 12.4 Å². The average Bonchev–Trinajstić information content (AvgIpc) is 2.68. The lowest BCUT2D eigenvalue weighted by atomic mass is 9.96. The standard InChI is InChI=1S/C20H23N3O3.ClH/c1-26-18-10-9-16(12-17(18)21)22-19(24)15-8-5-11-23(13-15)20(25)14-6-3-2-4-7-14;/h2-4,6-7,9-10,12,15H,5,8,11,13,21H2,1H3,(H,22,24);1H. The highest BCUT2D eigenvalue weighted by atomic mass is 35.5. The molecule has 2 aromatic carbocycles. The van der Waals surface area contributed by atoms with Crippen LogP contribution in [0.15, 0.2) is 48.5 Å². The fraction of sp³-hybridized carbons (Fsp3) is 0.300. The van der Waals surface area contributed by atoms with E-state index < -0.39 is 0 Å². The molecule has 0 radical (unpaired) electrons. The Bertz CT molecular complexity index is 798. The van der Waals surface area contributed by atoms with Crippen molar-refractivity contribution in [1.82, 2.24) is 4.90 Å². The molecular formula is C20H24ClN3O3. The molecule has 3 rings (SSSR count). The van der Waals surface area contributed by atoms with Crippen molar-refractivity contribution in [1.29, 1.82) is 0 Å². The molecule has 1 fully saturated rings. The van der Waals surface area contributed by atoms with Gasteiger partial charge in [0, 0.05) is 24.3 Å². The van der Waals surface area contributed by atoms with Gasteiger partial charge in [-0.1, -0.05) is 18.2 Å². The number of nitrogens with two attached hydrogens (primary N) is 1. The van der Waals surface area contributed by atoms with E-state index in [0.29, 0.717) is 35.8 Å². The van der Waals surface area contributed by atoms with Crippen LogP contribution < -0.4 is 15.8 Å². The summed E-state index contributed by atoms with van der Waals surface area (Å²) >= 11 is 0. The Hall–Kier alpha value is -2.73. The van der Waals surface area contributed by atoms with Crippen LogP contribution in [0.5, 0.6) is 5.75 Å². The molecule has 2 amide bonds. The second kappa shape index (κ2) is 9.28. The van der Waals surface area contributed by atoms with E-state index in [1.165, 1.54) is 0 Å². The van der Waals surface area contributed by atoms with Crippen LogP contribution in [0, 0.1) is 5.92 Å². The summed E-state index contributed by atoms with van der Waals surface area (Å²) in [5.41, 5.74) is 7.62. The van der Waals surface area contributed by atoms with Crippen molar-refractivity contribution in [2.45, 2.75) is 12.8 Å². The van der Waals surface area contributed by atoms with Crippen molar-refractivity contribution in [2.24, 2.45) is 5.92 Å². The zero-order chi connectivity index (χ0) is 18.5. The number of benzene rings is 2. The second-order valence-corrected chi connectivity index (χ2v) is 6.40. The van der Waals surface area contributed by atoms with Crippen molar-refractivity contribution in [2.75, 3.05) is 31.2 Å². The largest absolute Gasteiger partial charge is 0.495 e. The maximum atomic E-state index is 12.6. The SMILES string of the molecule is COc1ccc(NC(=O)C2CCCN(C(=O)c3ccccc3)C2)cc1N.Cl. The Morgan fingerprint density at radius 1 is 1.19 bits per heavy atom. The van der Waals surface area contributed by atoms with Crippen LogP contribution in [0.3, 0.4) is 0 Å². The van der Waals surface area contributed by atoms with E-state index in [2.05, 4.69) is 5.32 Å². The molecule has 7 heteroatoms. The quantitative estimate of drug-likeness (QED) is 0.786. The van der Waals surface area contributed by atoms with E-state index >= 15 is 0 Å². The van der Waals surface area contributed by atoms with Gasteiger partial charge in [-0.25, -0.2) is 0 Å². The lowest BCUT2D eigenvalue weighted by Gasteiger charge is -2.32. The molecule has 144 valence electrons. The molecule has 0 spiro atoms. The minimum absolute atomic E-state index is 0. The monoisotopic (exact) mass is 389 g/mol. The Labute approximate surface area is 165 Å². The van der Waals surface area contributed by atoms with Gasteiger partial charge in [-0.2, -0.15) is 0 Å². The molecule has 0 saturated carbocycles. The van der Waals surface area contributed by atoms with E-state index in [1.54, 1.807) is 42.3 Å². The van der Waals surface area contributed by atoms with Gasteiger partial charge in [0.1, 0.15) is 5.75 Å².